The highest BCUT2D eigenvalue weighted by Crippen LogP contribution is 2.33. The van der Waals surface area contributed by atoms with Crippen LogP contribution in [0.3, 0.4) is 0 Å². The molecule has 0 spiro atoms. The van der Waals surface area contributed by atoms with Crippen LogP contribution in [0.1, 0.15) is 16.8 Å². The number of rotatable bonds is 2. The molecule has 0 saturated carbocycles. The van der Waals surface area contributed by atoms with Crippen LogP contribution in [0.5, 0.6) is 0 Å². The van der Waals surface area contributed by atoms with Crippen LogP contribution in [-0.2, 0) is 0 Å². The molecule has 160 valence electrons. The largest absolute Gasteiger partial charge is 0.353 e. The van der Waals surface area contributed by atoms with E-state index in [0.29, 0.717) is 0 Å². The van der Waals surface area contributed by atoms with Crippen molar-refractivity contribution in [1.29, 1.82) is 0 Å². The van der Waals surface area contributed by atoms with Crippen LogP contribution in [0.15, 0.2) is 79.3 Å². The predicted molar refractivity (Wildman–Crippen MR) is 137 cm³/mol. The summed E-state index contributed by atoms with van der Waals surface area (Å²) in [6.45, 7) is 6.41. The maximum Gasteiger partial charge on any atom is 0.234 e. The van der Waals surface area contributed by atoms with Gasteiger partial charge in [-0.1, -0.05) is 41.9 Å². The molecule has 3 aromatic heterocycles. The van der Waals surface area contributed by atoms with E-state index in [1.54, 1.807) is 0 Å². The van der Waals surface area contributed by atoms with E-state index in [1.165, 1.54) is 38.2 Å². The molecule has 0 aliphatic carbocycles. The Morgan fingerprint density at radius 1 is 0.818 bits per heavy atom. The molecule has 0 aliphatic rings. The third kappa shape index (κ3) is 3.12. The number of fused-ring (bicyclic) bond motifs is 3. The van der Waals surface area contributed by atoms with Crippen LogP contribution in [0.25, 0.3) is 49.4 Å². The van der Waals surface area contributed by atoms with Crippen LogP contribution in [0, 0.1) is 20.8 Å². The Morgan fingerprint density at radius 3 is 2.52 bits per heavy atom. The van der Waals surface area contributed by atoms with Gasteiger partial charge in [0.1, 0.15) is 5.52 Å². The first-order chi connectivity index (χ1) is 16.0. The number of halogens is 1. The van der Waals surface area contributed by atoms with Gasteiger partial charge in [0.05, 0.1) is 10.7 Å². The molecular weight excluding hydrogens is 426 g/mol. The van der Waals surface area contributed by atoms with E-state index < -0.39 is 0 Å². The second-order valence-electron chi connectivity index (χ2n) is 8.72. The highest BCUT2D eigenvalue weighted by molar-refractivity contribution is 6.35. The molecule has 3 nitrogen and oxygen atoms in total. The van der Waals surface area contributed by atoms with E-state index in [1.807, 2.05) is 12.3 Å². The van der Waals surface area contributed by atoms with Gasteiger partial charge in [0, 0.05) is 45.7 Å². The lowest BCUT2D eigenvalue weighted by Crippen LogP contribution is -2.29. The molecule has 4 heteroatoms. The Morgan fingerprint density at radius 2 is 1.64 bits per heavy atom. The third-order valence-corrected chi connectivity index (χ3v) is 7.00. The minimum Gasteiger partial charge on any atom is -0.353 e. The van der Waals surface area contributed by atoms with Gasteiger partial charge >= 0.3 is 0 Å². The first-order valence-electron chi connectivity index (χ1n) is 11.1. The summed E-state index contributed by atoms with van der Waals surface area (Å²) in [7, 11) is 0. The summed E-state index contributed by atoms with van der Waals surface area (Å²) in [5.74, 6) is 0. The lowest BCUT2D eigenvalue weighted by Gasteiger charge is -2.13. The van der Waals surface area contributed by atoms with Gasteiger partial charge in [-0.3, -0.25) is 4.98 Å². The number of aromatic amines is 1. The van der Waals surface area contributed by atoms with Crippen LogP contribution < -0.4 is 4.57 Å². The first kappa shape index (κ1) is 20.0. The topological polar surface area (TPSA) is 32.6 Å². The maximum atomic E-state index is 6.44. The fourth-order valence-electron chi connectivity index (χ4n) is 4.94. The monoisotopic (exact) mass is 448 g/mol. The lowest BCUT2D eigenvalue weighted by molar-refractivity contribution is -0.592. The molecular formula is C29H23ClN3+. The van der Waals surface area contributed by atoms with Crippen molar-refractivity contribution in [3.05, 3.63) is 101 Å². The number of aromatic nitrogens is 3. The van der Waals surface area contributed by atoms with Crippen LogP contribution in [0.2, 0.25) is 5.02 Å². The Hall–Kier alpha value is -3.69. The Balaban J connectivity index is 1.51. The molecule has 0 unspecified atom stereocenters. The van der Waals surface area contributed by atoms with Crippen LogP contribution >= 0.6 is 11.6 Å². The zero-order valence-electron chi connectivity index (χ0n) is 18.8. The highest BCUT2D eigenvalue weighted by Gasteiger charge is 2.18. The predicted octanol–water partition coefficient (Wildman–Crippen LogP) is 7.39. The zero-order chi connectivity index (χ0) is 22.7. The van der Waals surface area contributed by atoms with E-state index in [0.717, 1.165) is 33.0 Å². The van der Waals surface area contributed by atoms with Crippen molar-refractivity contribution in [2.24, 2.45) is 0 Å². The molecule has 0 aliphatic heterocycles. The van der Waals surface area contributed by atoms with Crippen LogP contribution in [-0.4, -0.2) is 9.97 Å². The first-order valence-corrected chi connectivity index (χ1v) is 11.5. The molecule has 0 atom stereocenters. The number of hydrogen-bond acceptors (Lipinski definition) is 1. The minimum absolute atomic E-state index is 0.762. The summed E-state index contributed by atoms with van der Waals surface area (Å²) in [5, 5.41) is 6.64. The zero-order valence-corrected chi connectivity index (χ0v) is 19.5. The maximum absolute atomic E-state index is 6.44. The van der Waals surface area contributed by atoms with Crippen molar-refractivity contribution in [3.8, 4) is 16.9 Å². The summed E-state index contributed by atoms with van der Waals surface area (Å²) in [4.78, 5) is 8.30. The summed E-state index contributed by atoms with van der Waals surface area (Å²) in [5.41, 5.74) is 7.91. The molecule has 6 aromatic rings. The van der Waals surface area contributed by atoms with Gasteiger partial charge in [-0.05, 0) is 60.9 Å². The third-order valence-electron chi connectivity index (χ3n) is 6.67. The van der Waals surface area contributed by atoms with Gasteiger partial charge in [-0.15, -0.1) is 0 Å². The second kappa shape index (κ2) is 7.43. The average molecular weight is 449 g/mol. The van der Waals surface area contributed by atoms with E-state index >= 15 is 0 Å². The molecule has 0 saturated heterocycles. The Kier molecular flexibility index (Phi) is 4.49. The van der Waals surface area contributed by atoms with Crippen molar-refractivity contribution in [2.45, 2.75) is 20.8 Å². The van der Waals surface area contributed by atoms with Gasteiger partial charge < -0.3 is 4.98 Å². The Labute approximate surface area is 197 Å². The molecule has 0 bridgehead atoms. The van der Waals surface area contributed by atoms with E-state index in [-0.39, 0.29) is 0 Å². The quantitative estimate of drug-likeness (QED) is 0.275. The molecule has 6 rings (SSSR count). The minimum atomic E-state index is 0.762. The van der Waals surface area contributed by atoms with Gasteiger partial charge in [-0.25, -0.2) is 0 Å². The average Bonchev–Trinajstić information content (AvgIpc) is 3.23. The van der Waals surface area contributed by atoms with E-state index in [2.05, 4.69) is 97.3 Å². The van der Waals surface area contributed by atoms with Gasteiger partial charge in [0.25, 0.3) is 0 Å². The lowest BCUT2D eigenvalue weighted by atomic mass is 9.95. The second-order valence-corrected chi connectivity index (χ2v) is 9.13. The number of pyridine rings is 2. The van der Waals surface area contributed by atoms with Crippen LogP contribution in [0.4, 0.5) is 0 Å². The normalized spacial score (nSPS) is 11.6. The highest BCUT2D eigenvalue weighted by atomic mass is 35.5. The number of nitrogens with zero attached hydrogens (tertiary/aromatic N) is 2. The molecule has 0 radical (unpaired) electrons. The molecule has 33 heavy (non-hydrogen) atoms. The number of nitrogens with one attached hydrogen (secondary N) is 1. The number of aryl methyl sites for hydroxylation is 3. The standard InChI is InChI=1S/C29H23ClN3/c1-17-14-25-26(30)10-11-27(29(25)32-17)33-13-12-23-18(2)24(9-8-21(23)16-33)28-19(3)22-7-5-4-6-20(22)15-31-28/h4-16,32H,1-3H3/q+1. The SMILES string of the molecule is Cc1cc2c(Cl)ccc(-[n+]3ccc4c(C)c(-c5ncc6ccccc6c5C)ccc4c3)c2[nH]1. The van der Waals surface area contributed by atoms with Gasteiger partial charge in [0.15, 0.2) is 12.4 Å². The number of benzene rings is 3. The van der Waals surface area contributed by atoms with Crippen molar-refractivity contribution in [1.82, 2.24) is 9.97 Å². The molecule has 1 N–H and O–H groups in total. The fraction of sp³-hybridized carbons (Fsp3) is 0.103. The smallest absolute Gasteiger partial charge is 0.234 e. The number of H-pyrrole nitrogens is 1. The van der Waals surface area contributed by atoms with Crippen molar-refractivity contribution < 1.29 is 4.57 Å². The van der Waals surface area contributed by atoms with Crippen molar-refractivity contribution in [3.63, 3.8) is 0 Å². The molecule has 3 aromatic carbocycles. The summed E-state index contributed by atoms with van der Waals surface area (Å²) >= 11 is 6.44. The van der Waals surface area contributed by atoms with E-state index in [4.69, 9.17) is 16.6 Å². The Bertz CT molecular complexity index is 1710. The van der Waals surface area contributed by atoms with Gasteiger partial charge in [0.2, 0.25) is 5.69 Å². The molecule has 3 heterocycles. The molecule has 0 fully saturated rings. The summed E-state index contributed by atoms with van der Waals surface area (Å²) in [6, 6.07) is 21.1. The summed E-state index contributed by atoms with van der Waals surface area (Å²) in [6.07, 6.45) is 6.29. The summed E-state index contributed by atoms with van der Waals surface area (Å²) < 4.78 is 2.16. The fourth-order valence-corrected chi connectivity index (χ4v) is 5.15. The number of hydrogen-bond donors (Lipinski definition) is 1. The van der Waals surface area contributed by atoms with Gasteiger partial charge in [-0.2, -0.15) is 4.57 Å². The van der Waals surface area contributed by atoms with Crippen molar-refractivity contribution in [2.75, 3.05) is 0 Å². The molecule has 0 amide bonds. The van der Waals surface area contributed by atoms with Crippen molar-refractivity contribution >= 4 is 44.0 Å². The van der Waals surface area contributed by atoms with E-state index in [9.17, 15) is 0 Å².